The molecule has 1 aromatic carbocycles. The summed E-state index contributed by atoms with van der Waals surface area (Å²) >= 11 is 0. The average Bonchev–Trinajstić information content (AvgIpc) is 2.41. The number of hydrogen-bond donors (Lipinski definition) is 0. The van der Waals surface area contributed by atoms with Gasteiger partial charge in [-0.3, -0.25) is 0 Å². The van der Waals surface area contributed by atoms with Crippen molar-refractivity contribution < 1.29 is 113 Å². The molecule has 0 amide bonds. The minimum Gasteiger partial charge on any atom is -0.854 e. The molecular formula is C14H20K2O2. The maximum atomic E-state index is 10.3. The molecule has 1 aliphatic rings. The molecule has 1 fully saturated rings. The van der Waals surface area contributed by atoms with Gasteiger partial charge in [0, 0.05) is 0 Å². The molecule has 0 radical (unpaired) electrons. The fourth-order valence-corrected chi connectivity index (χ4v) is 1.93. The van der Waals surface area contributed by atoms with Gasteiger partial charge in [-0.1, -0.05) is 73.9 Å². The molecule has 1 saturated carbocycles. The van der Waals surface area contributed by atoms with Gasteiger partial charge in [-0.05, 0) is 0 Å². The van der Waals surface area contributed by atoms with E-state index in [9.17, 15) is 10.2 Å². The van der Waals surface area contributed by atoms with E-state index in [0.717, 1.165) is 5.56 Å². The predicted octanol–water partition coefficient (Wildman–Crippen LogP) is -4.52. The third-order valence-electron chi connectivity index (χ3n) is 2.97. The Balaban J connectivity index is 0. The summed E-state index contributed by atoms with van der Waals surface area (Å²) in [6, 6.07) is 9.29. The summed E-state index contributed by atoms with van der Waals surface area (Å²) in [5, 5.41) is 20.4. The predicted molar refractivity (Wildman–Crippen MR) is 61.6 cm³/mol. The molecule has 0 heterocycles. The molecule has 1 aliphatic carbocycles. The van der Waals surface area contributed by atoms with Crippen molar-refractivity contribution in [3.8, 4) is 0 Å². The van der Waals surface area contributed by atoms with E-state index in [1.165, 1.54) is 32.1 Å². The van der Waals surface area contributed by atoms with E-state index in [0.29, 0.717) is 5.92 Å². The zero-order chi connectivity index (χ0) is 11.6. The quantitative estimate of drug-likeness (QED) is 0.517. The van der Waals surface area contributed by atoms with Gasteiger partial charge in [0.05, 0.1) is 0 Å². The Morgan fingerprint density at radius 2 is 1.44 bits per heavy atom. The van der Waals surface area contributed by atoms with Crippen LogP contribution in [-0.2, 0) is 6.61 Å². The van der Waals surface area contributed by atoms with Gasteiger partial charge >= 0.3 is 103 Å². The van der Waals surface area contributed by atoms with E-state index >= 15 is 0 Å². The van der Waals surface area contributed by atoms with Crippen LogP contribution in [0.3, 0.4) is 0 Å². The Morgan fingerprint density at radius 1 is 0.889 bits per heavy atom. The third-order valence-corrected chi connectivity index (χ3v) is 2.97. The molecule has 0 N–H and O–H groups in total. The summed E-state index contributed by atoms with van der Waals surface area (Å²) < 4.78 is 0. The van der Waals surface area contributed by atoms with Crippen LogP contribution in [0.4, 0.5) is 0 Å². The molecule has 0 aliphatic heterocycles. The molecule has 90 valence electrons. The van der Waals surface area contributed by atoms with Crippen molar-refractivity contribution in [3.63, 3.8) is 0 Å². The van der Waals surface area contributed by atoms with E-state index < -0.39 is 0 Å². The Bertz CT molecular complexity index is 262. The van der Waals surface area contributed by atoms with E-state index in [4.69, 9.17) is 0 Å². The van der Waals surface area contributed by atoms with Gasteiger partial charge in [0.25, 0.3) is 0 Å². The summed E-state index contributed by atoms with van der Waals surface area (Å²) in [7, 11) is 0. The molecule has 4 heteroatoms. The maximum Gasteiger partial charge on any atom is 1.00 e. The van der Waals surface area contributed by atoms with E-state index in [1.54, 1.807) is 0 Å². The summed E-state index contributed by atoms with van der Waals surface area (Å²) in [5.74, 6) is 0.531. The summed E-state index contributed by atoms with van der Waals surface area (Å²) in [6.45, 7) is 0.0564. The molecular weight excluding hydrogens is 278 g/mol. The second-order valence-electron chi connectivity index (χ2n) is 4.30. The number of benzene rings is 1. The molecule has 2 nitrogen and oxygen atoms in total. The SMILES string of the molecule is [K+].[K+].[O-]CC1CCCCC1.[O-]Cc1ccccc1. The van der Waals surface area contributed by atoms with Crippen LogP contribution in [0.25, 0.3) is 0 Å². The van der Waals surface area contributed by atoms with Crippen molar-refractivity contribution in [2.45, 2.75) is 38.7 Å². The second kappa shape index (κ2) is 15.8. The van der Waals surface area contributed by atoms with Crippen LogP contribution in [0.5, 0.6) is 0 Å². The minimum atomic E-state index is -0.110. The largest absolute Gasteiger partial charge is 1.00 e. The Morgan fingerprint density at radius 3 is 1.78 bits per heavy atom. The van der Waals surface area contributed by atoms with Crippen LogP contribution in [0.15, 0.2) is 30.3 Å². The van der Waals surface area contributed by atoms with Crippen LogP contribution in [0.1, 0.15) is 37.7 Å². The van der Waals surface area contributed by atoms with E-state index in [-0.39, 0.29) is 116 Å². The molecule has 2 rings (SSSR count). The smallest absolute Gasteiger partial charge is 0.854 e. The zero-order valence-corrected chi connectivity index (χ0v) is 18.0. The van der Waals surface area contributed by atoms with Gasteiger partial charge in [0.15, 0.2) is 0 Å². The first-order chi connectivity index (χ1) is 7.86. The van der Waals surface area contributed by atoms with Gasteiger partial charge in [0.1, 0.15) is 0 Å². The Hall–Kier alpha value is 2.41. The fourth-order valence-electron chi connectivity index (χ4n) is 1.93. The Kier molecular flexibility index (Phi) is 19.9. The van der Waals surface area contributed by atoms with Crippen LogP contribution >= 0.6 is 0 Å². The van der Waals surface area contributed by atoms with Crippen LogP contribution in [0, 0.1) is 5.92 Å². The van der Waals surface area contributed by atoms with Crippen LogP contribution < -0.4 is 113 Å². The maximum absolute atomic E-state index is 10.3. The van der Waals surface area contributed by atoms with Crippen molar-refractivity contribution in [3.05, 3.63) is 35.9 Å². The molecule has 0 atom stereocenters. The number of rotatable bonds is 2. The van der Waals surface area contributed by atoms with Gasteiger partial charge in [0.2, 0.25) is 0 Å². The molecule has 1 aromatic rings. The molecule has 0 saturated heterocycles. The van der Waals surface area contributed by atoms with E-state index in [1.807, 2.05) is 30.3 Å². The average molecular weight is 299 g/mol. The van der Waals surface area contributed by atoms with Crippen molar-refractivity contribution >= 4 is 0 Å². The summed E-state index contributed by atoms with van der Waals surface area (Å²) in [4.78, 5) is 0. The van der Waals surface area contributed by atoms with Gasteiger partial charge in [-0.15, -0.1) is 13.2 Å². The standard InChI is InChI=1S/C7H13O.C7H7O.2K/c2*8-6-7-4-2-1-3-5-7;;/h7H,1-6H2;1-5H,6H2;;/q2*-1;2*+1. The van der Waals surface area contributed by atoms with Crippen molar-refractivity contribution in [2.75, 3.05) is 6.61 Å². The topological polar surface area (TPSA) is 46.1 Å². The fraction of sp³-hybridized carbons (Fsp3) is 0.571. The minimum absolute atomic E-state index is 0. The van der Waals surface area contributed by atoms with E-state index in [2.05, 4.69) is 0 Å². The third kappa shape index (κ3) is 11.1. The summed E-state index contributed by atoms with van der Waals surface area (Å²) in [6.07, 6.45) is 6.35. The molecule has 0 spiro atoms. The zero-order valence-electron chi connectivity index (χ0n) is 11.7. The summed E-state index contributed by atoms with van der Waals surface area (Å²) in [5.41, 5.74) is 0.854. The van der Waals surface area contributed by atoms with Gasteiger partial charge < -0.3 is 10.2 Å². The first kappa shape index (κ1) is 22.7. The monoisotopic (exact) mass is 298 g/mol. The second-order valence-corrected chi connectivity index (χ2v) is 4.30. The molecule has 18 heavy (non-hydrogen) atoms. The molecule has 0 unspecified atom stereocenters. The van der Waals surface area contributed by atoms with Gasteiger partial charge in [-0.2, -0.15) is 0 Å². The first-order valence-electron chi connectivity index (χ1n) is 6.07. The number of hydrogen-bond acceptors (Lipinski definition) is 2. The Labute approximate surface area is 196 Å². The van der Waals surface area contributed by atoms with Crippen molar-refractivity contribution in [1.29, 1.82) is 0 Å². The normalized spacial score (nSPS) is 14.6. The van der Waals surface area contributed by atoms with Crippen molar-refractivity contribution in [1.82, 2.24) is 0 Å². The van der Waals surface area contributed by atoms with Gasteiger partial charge in [-0.25, -0.2) is 0 Å². The molecule has 0 bridgehead atoms. The first-order valence-corrected chi connectivity index (χ1v) is 6.07. The molecule has 0 aromatic heterocycles. The van der Waals surface area contributed by atoms with Crippen LogP contribution in [-0.4, -0.2) is 6.61 Å². The van der Waals surface area contributed by atoms with Crippen LogP contribution in [0.2, 0.25) is 0 Å². The van der Waals surface area contributed by atoms with Crippen molar-refractivity contribution in [2.24, 2.45) is 5.92 Å².